The predicted molar refractivity (Wildman–Crippen MR) is 63.5 cm³/mol. The zero-order valence-corrected chi connectivity index (χ0v) is 9.33. The van der Waals surface area contributed by atoms with Gasteiger partial charge in [-0.1, -0.05) is 12.5 Å². The molecule has 0 unspecified atom stereocenters. The van der Waals surface area contributed by atoms with E-state index in [-0.39, 0.29) is 0 Å². The van der Waals surface area contributed by atoms with Gasteiger partial charge in [0.2, 0.25) is 0 Å². The van der Waals surface area contributed by atoms with E-state index in [0.29, 0.717) is 6.10 Å². The van der Waals surface area contributed by atoms with Crippen LogP contribution in [0.15, 0.2) is 24.3 Å². The highest BCUT2D eigenvalue weighted by Crippen LogP contribution is 2.24. The third-order valence-corrected chi connectivity index (χ3v) is 2.98. The van der Waals surface area contributed by atoms with E-state index in [1.807, 2.05) is 25.2 Å². The molecule has 0 saturated heterocycles. The third-order valence-electron chi connectivity index (χ3n) is 2.98. The fourth-order valence-electron chi connectivity index (χ4n) is 2.10. The molecule has 1 fully saturated rings. The van der Waals surface area contributed by atoms with Gasteiger partial charge in [0, 0.05) is 18.8 Å². The molecule has 2 rings (SSSR count). The zero-order valence-electron chi connectivity index (χ0n) is 9.33. The highest BCUT2D eigenvalue weighted by atomic mass is 16.5. The van der Waals surface area contributed by atoms with Crippen LogP contribution in [-0.2, 0) is 0 Å². The van der Waals surface area contributed by atoms with E-state index in [9.17, 15) is 0 Å². The normalized spacial score (nSPS) is 17.4. The van der Waals surface area contributed by atoms with Crippen LogP contribution in [0, 0.1) is 0 Å². The molecule has 0 bridgehead atoms. The zero-order chi connectivity index (χ0) is 10.5. The maximum absolute atomic E-state index is 5.96. The first-order valence-corrected chi connectivity index (χ1v) is 5.83. The molecule has 0 amide bonds. The van der Waals surface area contributed by atoms with Crippen LogP contribution in [0.2, 0.25) is 0 Å². The molecule has 0 atom stereocenters. The van der Waals surface area contributed by atoms with Crippen molar-refractivity contribution in [2.75, 3.05) is 12.4 Å². The Balaban J connectivity index is 1.96. The number of anilines is 1. The van der Waals surface area contributed by atoms with Crippen molar-refractivity contribution >= 4 is 5.69 Å². The minimum atomic E-state index is 0.436. The average molecular weight is 205 g/mol. The number of benzene rings is 1. The lowest BCUT2D eigenvalue weighted by molar-refractivity contribution is 0.155. The van der Waals surface area contributed by atoms with E-state index in [2.05, 4.69) is 11.4 Å². The summed E-state index contributed by atoms with van der Waals surface area (Å²) in [6, 6.07) is 8.18. The van der Waals surface area contributed by atoms with Crippen LogP contribution < -0.4 is 10.1 Å². The second kappa shape index (κ2) is 5.06. The van der Waals surface area contributed by atoms with E-state index in [0.717, 1.165) is 11.4 Å². The van der Waals surface area contributed by atoms with Crippen molar-refractivity contribution in [3.63, 3.8) is 0 Å². The predicted octanol–water partition coefficient (Wildman–Crippen LogP) is 3.44. The van der Waals surface area contributed by atoms with Crippen LogP contribution in [0.1, 0.15) is 32.1 Å². The maximum Gasteiger partial charge on any atom is 0.121 e. The molecule has 2 heteroatoms. The van der Waals surface area contributed by atoms with E-state index in [1.54, 1.807) is 0 Å². The minimum absolute atomic E-state index is 0.436. The summed E-state index contributed by atoms with van der Waals surface area (Å²) < 4.78 is 5.96. The molecule has 0 spiro atoms. The molecule has 0 heterocycles. The van der Waals surface area contributed by atoms with Crippen molar-refractivity contribution in [1.82, 2.24) is 0 Å². The van der Waals surface area contributed by atoms with E-state index in [4.69, 9.17) is 4.74 Å². The van der Waals surface area contributed by atoms with Gasteiger partial charge in [0.15, 0.2) is 0 Å². The van der Waals surface area contributed by atoms with Gasteiger partial charge in [-0.25, -0.2) is 0 Å². The second-order valence-electron chi connectivity index (χ2n) is 4.16. The molecule has 1 aliphatic carbocycles. The summed E-state index contributed by atoms with van der Waals surface area (Å²) in [5.74, 6) is 0.994. The van der Waals surface area contributed by atoms with Crippen molar-refractivity contribution in [1.29, 1.82) is 0 Å². The lowest BCUT2D eigenvalue weighted by atomic mass is 9.98. The summed E-state index contributed by atoms with van der Waals surface area (Å²) in [6.45, 7) is 0. The quantitative estimate of drug-likeness (QED) is 0.816. The second-order valence-corrected chi connectivity index (χ2v) is 4.16. The molecule has 82 valence electrons. The van der Waals surface area contributed by atoms with Gasteiger partial charge in [-0.05, 0) is 37.8 Å². The Morgan fingerprint density at radius 2 is 2.00 bits per heavy atom. The summed E-state index contributed by atoms with van der Waals surface area (Å²) in [5.41, 5.74) is 1.11. The van der Waals surface area contributed by atoms with Gasteiger partial charge in [0.25, 0.3) is 0 Å². The topological polar surface area (TPSA) is 21.3 Å². The SMILES string of the molecule is CNc1cccc(OC2CCCCC2)c1. The fraction of sp³-hybridized carbons (Fsp3) is 0.538. The van der Waals surface area contributed by atoms with Gasteiger partial charge < -0.3 is 10.1 Å². The first-order valence-electron chi connectivity index (χ1n) is 5.83. The molecule has 1 aromatic rings. The Morgan fingerprint density at radius 1 is 1.20 bits per heavy atom. The molecular weight excluding hydrogens is 186 g/mol. The van der Waals surface area contributed by atoms with Gasteiger partial charge in [0.05, 0.1) is 6.10 Å². The average Bonchev–Trinajstić information content (AvgIpc) is 2.31. The molecule has 2 nitrogen and oxygen atoms in total. The highest BCUT2D eigenvalue weighted by molar-refractivity contribution is 5.47. The number of ether oxygens (including phenoxy) is 1. The first-order chi connectivity index (χ1) is 7.38. The fourth-order valence-corrected chi connectivity index (χ4v) is 2.10. The highest BCUT2D eigenvalue weighted by Gasteiger charge is 2.14. The molecular formula is C13H19NO. The summed E-state index contributed by atoms with van der Waals surface area (Å²) in [4.78, 5) is 0. The summed E-state index contributed by atoms with van der Waals surface area (Å²) >= 11 is 0. The van der Waals surface area contributed by atoms with Crippen molar-refractivity contribution in [3.8, 4) is 5.75 Å². The largest absolute Gasteiger partial charge is 0.490 e. The molecule has 0 aromatic heterocycles. The Morgan fingerprint density at radius 3 is 2.73 bits per heavy atom. The lowest BCUT2D eigenvalue weighted by Gasteiger charge is -2.23. The van der Waals surface area contributed by atoms with Crippen LogP contribution in [0.25, 0.3) is 0 Å². The van der Waals surface area contributed by atoms with E-state index in [1.165, 1.54) is 32.1 Å². The summed E-state index contributed by atoms with van der Waals surface area (Å²) in [5, 5.41) is 3.12. The molecule has 0 radical (unpaired) electrons. The van der Waals surface area contributed by atoms with Gasteiger partial charge in [-0.15, -0.1) is 0 Å². The molecule has 15 heavy (non-hydrogen) atoms. The van der Waals surface area contributed by atoms with E-state index < -0.39 is 0 Å². The number of hydrogen-bond donors (Lipinski definition) is 1. The molecule has 1 saturated carbocycles. The maximum atomic E-state index is 5.96. The summed E-state index contributed by atoms with van der Waals surface area (Å²) in [7, 11) is 1.93. The van der Waals surface area contributed by atoms with Crippen LogP contribution in [0.5, 0.6) is 5.75 Å². The molecule has 1 N–H and O–H groups in total. The third kappa shape index (κ3) is 2.88. The number of rotatable bonds is 3. The standard InChI is InChI=1S/C13H19NO/c1-14-11-6-5-9-13(10-11)15-12-7-3-2-4-8-12/h5-6,9-10,12,14H,2-4,7-8H2,1H3. The van der Waals surface area contributed by atoms with Crippen molar-refractivity contribution in [2.24, 2.45) is 0 Å². The van der Waals surface area contributed by atoms with Gasteiger partial charge in [-0.3, -0.25) is 0 Å². The van der Waals surface area contributed by atoms with Gasteiger partial charge in [-0.2, -0.15) is 0 Å². The monoisotopic (exact) mass is 205 g/mol. The Bertz CT molecular complexity index is 305. The van der Waals surface area contributed by atoms with Crippen LogP contribution >= 0.6 is 0 Å². The van der Waals surface area contributed by atoms with Crippen LogP contribution in [0.4, 0.5) is 5.69 Å². The molecule has 0 aliphatic heterocycles. The van der Waals surface area contributed by atoms with Crippen molar-refractivity contribution in [2.45, 2.75) is 38.2 Å². The number of nitrogens with one attached hydrogen (secondary N) is 1. The van der Waals surface area contributed by atoms with Gasteiger partial charge in [0.1, 0.15) is 5.75 Å². The Hall–Kier alpha value is -1.18. The Labute approximate surface area is 91.6 Å². The van der Waals surface area contributed by atoms with Crippen molar-refractivity contribution in [3.05, 3.63) is 24.3 Å². The summed E-state index contributed by atoms with van der Waals surface area (Å²) in [6.07, 6.45) is 6.86. The van der Waals surface area contributed by atoms with Crippen LogP contribution in [0.3, 0.4) is 0 Å². The lowest BCUT2D eigenvalue weighted by Crippen LogP contribution is -2.19. The smallest absolute Gasteiger partial charge is 0.121 e. The number of hydrogen-bond acceptors (Lipinski definition) is 2. The molecule has 1 aromatic carbocycles. The Kier molecular flexibility index (Phi) is 3.49. The van der Waals surface area contributed by atoms with Crippen LogP contribution in [-0.4, -0.2) is 13.2 Å². The van der Waals surface area contributed by atoms with Gasteiger partial charge >= 0.3 is 0 Å². The first kappa shape index (κ1) is 10.3. The minimum Gasteiger partial charge on any atom is -0.490 e. The van der Waals surface area contributed by atoms with Crippen molar-refractivity contribution < 1.29 is 4.74 Å². The molecule has 1 aliphatic rings. The van der Waals surface area contributed by atoms with E-state index >= 15 is 0 Å².